The number of hydrogen-bond acceptors (Lipinski definition) is 4. The average molecular weight is 416 g/mol. The van der Waals surface area contributed by atoms with Gasteiger partial charge in [0.25, 0.3) is 11.8 Å². The van der Waals surface area contributed by atoms with E-state index in [0.717, 1.165) is 25.0 Å². The molecule has 2 amide bonds. The number of aromatic nitrogens is 3. The van der Waals surface area contributed by atoms with Crippen molar-refractivity contribution in [2.45, 2.75) is 26.2 Å². The molecule has 7 nitrogen and oxygen atoms in total. The number of rotatable bonds is 6. The predicted octanol–water partition coefficient (Wildman–Crippen LogP) is 3.19. The fourth-order valence-corrected chi connectivity index (χ4v) is 3.07. The molecule has 3 rings (SSSR count). The van der Waals surface area contributed by atoms with E-state index >= 15 is 0 Å². The highest BCUT2D eigenvalue weighted by atomic mass is 79.9. The number of fused-ring (bicyclic) bond motifs is 1. The van der Waals surface area contributed by atoms with E-state index in [0.29, 0.717) is 21.5 Å². The predicted molar refractivity (Wildman–Crippen MR) is 102 cm³/mol. The highest BCUT2D eigenvalue weighted by Gasteiger charge is 2.17. The SMILES string of the molecule is CCCCc1cc(NC(=O)c2ccccc2Br)n2cnc(C(N)=O)c2n1. The first-order valence-electron chi connectivity index (χ1n) is 8.24. The Balaban J connectivity index is 2.04. The molecule has 134 valence electrons. The number of benzene rings is 1. The summed E-state index contributed by atoms with van der Waals surface area (Å²) in [5.74, 6) is -0.446. The number of amides is 2. The summed E-state index contributed by atoms with van der Waals surface area (Å²) in [6.07, 6.45) is 4.12. The van der Waals surface area contributed by atoms with E-state index in [2.05, 4.69) is 38.1 Å². The molecule has 3 aromatic rings. The lowest BCUT2D eigenvalue weighted by Crippen LogP contribution is -2.16. The minimum atomic E-state index is -0.657. The maximum atomic E-state index is 12.7. The maximum absolute atomic E-state index is 12.7. The summed E-state index contributed by atoms with van der Waals surface area (Å²) in [5.41, 5.74) is 7.08. The summed E-state index contributed by atoms with van der Waals surface area (Å²) >= 11 is 3.38. The third-order valence-electron chi connectivity index (χ3n) is 3.93. The van der Waals surface area contributed by atoms with Crippen molar-refractivity contribution in [1.29, 1.82) is 0 Å². The molecule has 8 heteroatoms. The van der Waals surface area contributed by atoms with E-state index in [1.807, 2.05) is 6.07 Å². The van der Waals surface area contributed by atoms with Crippen LogP contribution in [0.2, 0.25) is 0 Å². The number of unbranched alkanes of at least 4 members (excludes halogenated alkanes) is 1. The zero-order valence-electron chi connectivity index (χ0n) is 14.2. The molecule has 0 atom stereocenters. The maximum Gasteiger partial charge on any atom is 0.271 e. The number of carbonyl (C=O) groups is 2. The third kappa shape index (κ3) is 3.60. The molecular formula is C18H18BrN5O2. The summed E-state index contributed by atoms with van der Waals surface area (Å²) in [5, 5.41) is 2.87. The second-order valence-electron chi connectivity index (χ2n) is 5.82. The fourth-order valence-electron chi connectivity index (χ4n) is 2.61. The molecule has 0 radical (unpaired) electrons. The molecule has 0 aliphatic rings. The van der Waals surface area contributed by atoms with Crippen molar-refractivity contribution in [3.05, 3.63) is 58.1 Å². The van der Waals surface area contributed by atoms with Gasteiger partial charge in [-0.25, -0.2) is 9.97 Å². The first-order chi connectivity index (χ1) is 12.5. The van der Waals surface area contributed by atoms with E-state index in [1.165, 1.54) is 6.33 Å². The molecule has 0 aliphatic carbocycles. The lowest BCUT2D eigenvalue weighted by Gasteiger charge is -2.11. The lowest BCUT2D eigenvalue weighted by molar-refractivity contribution is 0.0995. The Morgan fingerprint density at radius 2 is 2.08 bits per heavy atom. The Hall–Kier alpha value is -2.74. The van der Waals surface area contributed by atoms with Crippen molar-refractivity contribution in [1.82, 2.24) is 14.4 Å². The Labute approximate surface area is 158 Å². The Bertz CT molecular complexity index is 983. The fraction of sp³-hybridized carbons (Fsp3) is 0.222. The van der Waals surface area contributed by atoms with Crippen LogP contribution in [0.4, 0.5) is 5.82 Å². The number of hydrogen-bond donors (Lipinski definition) is 2. The molecule has 2 aromatic heterocycles. The monoisotopic (exact) mass is 415 g/mol. The Kier molecular flexibility index (Phi) is 5.32. The van der Waals surface area contributed by atoms with Crippen LogP contribution in [0.15, 0.2) is 41.1 Å². The van der Waals surface area contributed by atoms with Gasteiger partial charge in [0, 0.05) is 16.2 Å². The summed E-state index contributed by atoms with van der Waals surface area (Å²) in [7, 11) is 0. The minimum Gasteiger partial charge on any atom is -0.364 e. The molecule has 0 unspecified atom stereocenters. The van der Waals surface area contributed by atoms with Crippen molar-refractivity contribution in [3.8, 4) is 0 Å². The second kappa shape index (κ2) is 7.65. The number of anilines is 1. The van der Waals surface area contributed by atoms with E-state index < -0.39 is 5.91 Å². The number of carbonyl (C=O) groups excluding carboxylic acids is 2. The van der Waals surface area contributed by atoms with Gasteiger partial charge >= 0.3 is 0 Å². The van der Waals surface area contributed by atoms with E-state index in [4.69, 9.17) is 5.73 Å². The molecule has 0 spiro atoms. The van der Waals surface area contributed by atoms with E-state index in [9.17, 15) is 9.59 Å². The van der Waals surface area contributed by atoms with Crippen LogP contribution in [0, 0.1) is 0 Å². The number of imidazole rings is 1. The molecule has 0 aliphatic heterocycles. The van der Waals surface area contributed by atoms with Crippen LogP contribution < -0.4 is 11.1 Å². The number of nitrogens with one attached hydrogen (secondary N) is 1. The molecular weight excluding hydrogens is 398 g/mol. The van der Waals surface area contributed by atoms with Gasteiger partial charge in [-0.3, -0.25) is 14.0 Å². The van der Waals surface area contributed by atoms with Crippen molar-refractivity contribution in [2.24, 2.45) is 5.73 Å². The first kappa shape index (κ1) is 18.1. The van der Waals surface area contributed by atoms with Crippen LogP contribution in [0.25, 0.3) is 5.65 Å². The number of aryl methyl sites for hydroxylation is 1. The number of primary amides is 1. The van der Waals surface area contributed by atoms with Gasteiger partial charge in [0.2, 0.25) is 0 Å². The number of nitrogens with zero attached hydrogens (tertiary/aromatic N) is 3. The quantitative estimate of drug-likeness (QED) is 0.644. The average Bonchev–Trinajstić information content (AvgIpc) is 3.04. The van der Waals surface area contributed by atoms with Crippen molar-refractivity contribution in [3.63, 3.8) is 0 Å². The summed E-state index contributed by atoms with van der Waals surface area (Å²) in [6.45, 7) is 2.09. The molecule has 0 saturated heterocycles. The standard InChI is InChI=1S/C18H18BrN5O2/c1-2-3-6-11-9-14(23-18(26)12-7-4-5-8-13(12)19)24-10-21-15(16(20)25)17(24)22-11/h4-5,7-10H,2-3,6H2,1H3,(H2,20,25)(H,23,26). The normalized spacial score (nSPS) is 10.8. The number of halogens is 1. The molecule has 3 N–H and O–H groups in total. The van der Waals surface area contributed by atoms with Gasteiger partial charge in [0.1, 0.15) is 12.1 Å². The van der Waals surface area contributed by atoms with Gasteiger partial charge in [-0.05, 0) is 40.9 Å². The van der Waals surface area contributed by atoms with Crippen LogP contribution in [0.1, 0.15) is 46.3 Å². The smallest absolute Gasteiger partial charge is 0.271 e. The highest BCUT2D eigenvalue weighted by Crippen LogP contribution is 2.21. The van der Waals surface area contributed by atoms with E-state index in [1.54, 1.807) is 28.7 Å². The van der Waals surface area contributed by atoms with Crippen LogP contribution in [0.5, 0.6) is 0 Å². The van der Waals surface area contributed by atoms with Crippen LogP contribution in [-0.4, -0.2) is 26.2 Å². The topological polar surface area (TPSA) is 102 Å². The second-order valence-corrected chi connectivity index (χ2v) is 6.68. The highest BCUT2D eigenvalue weighted by molar-refractivity contribution is 9.10. The molecule has 26 heavy (non-hydrogen) atoms. The zero-order chi connectivity index (χ0) is 18.7. The molecule has 1 aromatic carbocycles. The minimum absolute atomic E-state index is 0.0831. The van der Waals surface area contributed by atoms with Gasteiger partial charge in [-0.2, -0.15) is 0 Å². The molecule has 0 saturated carbocycles. The van der Waals surface area contributed by atoms with Crippen LogP contribution in [-0.2, 0) is 6.42 Å². The van der Waals surface area contributed by atoms with Crippen molar-refractivity contribution < 1.29 is 9.59 Å². The van der Waals surface area contributed by atoms with Gasteiger partial charge in [-0.1, -0.05) is 25.5 Å². The van der Waals surface area contributed by atoms with E-state index in [-0.39, 0.29) is 11.6 Å². The Morgan fingerprint density at radius 3 is 2.77 bits per heavy atom. The van der Waals surface area contributed by atoms with Crippen LogP contribution >= 0.6 is 15.9 Å². The zero-order valence-corrected chi connectivity index (χ0v) is 15.8. The summed E-state index contributed by atoms with van der Waals surface area (Å²) < 4.78 is 2.25. The molecule has 0 bridgehead atoms. The van der Waals surface area contributed by atoms with Gasteiger partial charge < -0.3 is 11.1 Å². The third-order valence-corrected chi connectivity index (χ3v) is 4.63. The van der Waals surface area contributed by atoms with Gasteiger partial charge in [0.15, 0.2) is 11.3 Å². The Morgan fingerprint density at radius 1 is 1.31 bits per heavy atom. The van der Waals surface area contributed by atoms with Gasteiger partial charge in [-0.15, -0.1) is 0 Å². The molecule has 2 heterocycles. The number of nitrogens with two attached hydrogens (primary N) is 1. The first-order valence-corrected chi connectivity index (χ1v) is 9.03. The lowest BCUT2D eigenvalue weighted by atomic mass is 10.2. The van der Waals surface area contributed by atoms with Gasteiger partial charge in [0.05, 0.1) is 5.56 Å². The van der Waals surface area contributed by atoms with Crippen molar-refractivity contribution >= 4 is 39.2 Å². The summed E-state index contributed by atoms with van der Waals surface area (Å²) in [4.78, 5) is 32.8. The molecule has 0 fully saturated rings. The summed E-state index contributed by atoms with van der Waals surface area (Å²) in [6, 6.07) is 8.94. The van der Waals surface area contributed by atoms with Crippen molar-refractivity contribution in [2.75, 3.05) is 5.32 Å². The van der Waals surface area contributed by atoms with Crippen LogP contribution in [0.3, 0.4) is 0 Å². The largest absolute Gasteiger partial charge is 0.364 e.